The molecule has 1 N–H and O–H groups in total. The summed E-state index contributed by atoms with van der Waals surface area (Å²) < 4.78 is 5.50. The summed E-state index contributed by atoms with van der Waals surface area (Å²) in [4.78, 5) is 37.8. The summed E-state index contributed by atoms with van der Waals surface area (Å²) in [5.41, 5.74) is 3.41. The van der Waals surface area contributed by atoms with Gasteiger partial charge in [-0.05, 0) is 55.3 Å². The average molecular weight is 436 g/mol. The van der Waals surface area contributed by atoms with E-state index in [2.05, 4.69) is 5.32 Å². The largest absolute Gasteiger partial charge is 0.448 e. The molecule has 0 saturated heterocycles. The maximum absolute atomic E-state index is 13.2. The van der Waals surface area contributed by atoms with E-state index in [1.165, 1.54) is 0 Å². The molecule has 1 amide bonds. The van der Waals surface area contributed by atoms with Gasteiger partial charge in [-0.15, -0.1) is 0 Å². The average Bonchev–Trinajstić information content (AvgIpc) is 2.78. The quantitative estimate of drug-likeness (QED) is 0.425. The minimum atomic E-state index is -1.11. The Morgan fingerprint density at radius 1 is 0.871 bits per heavy atom. The number of esters is 1. The lowest BCUT2D eigenvalue weighted by molar-refractivity contribution is -0.146. The number of nitrogens with one attached hydrogen (secondary N) is 1. The van der Waals surface area contributed by atoms with Gasteiger partial charge in [-0.1, -0.05) is 54.1 Å². The zero-order valence-electron chi connectivity index (χ0n) is 17.2. The van der Waals surface area contributed by atoms with Crippen molar-refractivity contribution in [3.8, 4) is 0 Å². The number of benzene rings is 3. The first kappa shape index (κ1) is 22.2. The zero-order chi connectivity index (χ0) is 22.4. The van der Waals surface area contributed by atoms with Crippen LogP contribution >= 0.6 is 11.6 Å². The van der Waals surface area contributed by atoms with E-state index in [-0.39, 0.29) is 12.3 Å². The first-order valence-electron chi connectivity index (χ1n) is 9.75. The first-order chi connectivity index (χ1) is 14.8. The number of rotatable bonds is 7. The van der Waals surface area contributed by atoms with Crippen LogP contribution in [0, 0.1) is 13.8 Å². The summed E-state index contributed by atoms with van der Waals surface area (Å²) in [5, 5.41) is 3.01. The molecule has 6 heteroatoms. The predicted molar refractivity (Wildman–Crippen MR) is 119 cm³/mol. The number of carbonyl (C=O) groups is 3. The van der Waals surface area contributed by atoms with Crippen LogP contribution in [0.25, 0.3) is 0 Å². The molecular formula is C25H22ClNO4. The van der Waals surface area contributed by atoms with Crippen molar-refractivity contribution in [1.82, 2.24) is 5.32 Å². The van der Waals surface area contributed by atoms with Crippen molar-refractivity contribution in [3.05, 3.63) is 106 Å². The van der Waals surface area contributed by atoms with Gasteiger partial charge in [0.1, 0.15) is 6.54 Å². The molecule has 158 valence electrons. The van der Waals surface area contributed by atoms with Gasteiger partial charge in [-0.2, -0.15) is 0 Å². The van der Waals surface area contributed by atoms with Gasteiger partial charge in [0.15, 0.2) is 6.10 Å². The number of Topliss-reactive ketones (excluding diaryl/α,β-unsaturated/α-hetero) is 1. The highest BCUT2D eigenvalue weighted by molar-refractivity contribution is 6.30. The Bertz CT molecular complexity index is 1090. The lowest BCUT2D eigenvalue weighted by Gasteiger charge is -2.18. The SMILES string of the molecule is Cc1ccc(C(=O)C(OC(=O)CNC(=O)c2ccc(Cl)cc2)c2ccccc2)cc1C. The Hall–Kier alpha value is -3.44. The molecule has 0 radical (unpaired) electrons. The molecular weight excluding hydrogens is 414 g/mol. The monoisotopic (exact) mass is 435 g/mol. The highest BCUT2D eigenvalue weighted by Gasteiger charge is 2.26. The lowest BCUT2D eigenvalue weighted by Crippen LogP contribution is -2.32. The number of hydrogen-bond donors (Lipinski definition) is 1. The summed E-state index contributed by atoms with van der Waals surface area (Å²) >= 11 is 5.82. The van der Waals surface area contributed by atoms with Crippen molar-refractivity contribution >= 4 is 29.3 Å². The minimum Gasteiger partial charge on any atom is -0.448 e. The van der Waals surface area contributed by atoms with Crippen molar-refractivity contribution in [1.29, 1.82) is 0 Å². The fourth-order valence-electron chi connectivity index (χ4n) is 2.98. The second kappa shape index (κ2) is 10.0. The van der Waals surface area contributed by atoms with Crippen LogP contribution in [0.3, 0.4) is 0 Å². The van der Waals surface area contributed by atoms with Crippen LogP contribution in [0.2, 0.25) is 5.02 Å². The van der Waals surface area contributed by atoms with Crippen LogP contribution in [0.5, 0.6) is 0 Å². The maximum Gasteiger partial charge on any atom is 0.326 e. The van der Waals surface area contributed by atoms with Gasteiger partial charge >= 0.3 is 5.97 Å². The normalized spacial score (nSPS) is 11.5. The molecule has 1 unspecified atom stereocenters. The van der Waals surface area contributed by atoms with E-state index >= 15 is 0 Å². The zero-order valence-corrected chi connectivity index (χ0v) is 18.0. The number of amides is 1. The number of halogens is 1. The predicted octanol–water partition coefficient (Wildman–Crippen LogP) is 4.85. The van der Waals surface area contributed by atoms with Crippen LogP contribution in [-0.2, 0) is 9.53 Å². The Labute approximate surface area is 186 Å². The number of aryl methyl sites for hydroxylation is 2. The third kappa shape index (κ3) is 5.80. The highest BCUT2D eigenvalue weighted by Crippen LogP contribution is 2.24. The third-order valence-electron chi connectivity index (χ3n) is 4.88. The number of carbonyl (C=O) groups excluding carboxylic acids is 3. The Kier molecular flexibility index (Phi) is 7.21. The molecule has 3 aromatic carbocycles. The number of ketones is 1. The van der Waals surface area contributed by atoms with Gasteiger partial charge in [0, 0.05) is 21.7 Å². The van der Waals surface area contributed by atoms with E-state index in [1.807, 2.05) is 26.0 Å². The van der Waals surface area contributed by atoms with Crippen LogP contribution in [0.4, 0.5) is 0 Å². The Morgan fingerprint density at radius 3 is 2.16 bits per heavy atom. The van der Waals surface area contributed by atoms with Crippen LogP contribution in [-0.4, -0.2) is 24.2 Å². The lowest BCUT2D eigenvalue weighted by atomic mass is 9.97. The molecule has 0 saturated carbocycles. The van der Waals surface area contributed by atoms with Gasteiger partial charge in [-0.3, -0.25) is 14.4 Å². The second-order valence-corrected chi connectivity index (χ2v) is 7.57. The van der Waals surface area contributed by atoms with Crippen LogP contribution < -0.4 is 5.32 Å². The van der Waals surface area contributed by atoms with Crippen LogP contribution in [0.15, 0.2) is 72.8 Å². The van der Waals surface area contributed by atoms with Crippen molar-refractivity contribution in [3.63, 3.8) is 0 Å². The molecule has 0 spiro atoms. The molecule has 0 fully saturated rings. The molecule has 0 aliphatic rings. The smallest absolute Gasteiger partial charge is 0.326 e. The Balaban J connectivity index is 1.73. The maximum atomic E-state index is 13.2. The summed E-state index contributed by atoms with van der Waals surface area (Å²) in [6, 6.07) is 20.4. The first-order valence-corrected chi connectivity index (χ1v) is 10.1. The van der Waals surface area contributed by atoms with Gasteiger partial charge in [-0.25, -0.2) is 0 Å². The molecule has 3 rings (SSSR count). The summed E-state index contributed by atoms with van der Waals surface area (Å²) in [7, 11) is 0. The number of hydrogen-bond acceptors (Lipinski definition) is 4. The summed E-state index contributed by atoms with van der Waals surface area (Å²) in [6.07, 6.45) is -1.11. The van der Waals surface area contributed by atoms with Crippen LogP contribution in [0.1, 0.15) is 43.5 Å². The van der Waals surface area contributed by atoms with E-state index in [9.17, 15) is 14.4 Å². The van der Waals surface area contributed by atoms with Crippen molar-refractivity contribution < 1.29 is 19.1 Å². The fraction of sp³-hybridized carbons (Fsp3) is 0.160. The highest BCUT2D eigenvalue weighted by atomic mass is 35.5. The molecule has 1 atom stereocenters. The van der Waals surface area contributed by atoms with E-state index in [4.69, 9.17) is 16.3 Å². The summed E-state index contributed by atoms with van der Waals surface area (Å²) in [6.45, 7) is 3.51. The van der Waals surface area contributed by atoms with E-state index in [1.54, 1.807) is 60.7 Å². The molecule has 5 nitrogen and oxygen atoms in total. The minimum absolute atomic E-state index is 0.327. The van der Waals surface area contributed by atoms with Crippen molar-refractivity contribution in [2.75, 3.05) is 6.54 Å². The standard InChI is InChI=1S/C25H22ClNO4/c1-16-8-9-20(14-17(16)2)23(29)24(18-6-4-3-5-7-18)31-22(28)15-27-25(30)19-10-12-21(26)13-11-19/h3-14,24H,15H2,1-2H3,(H,27,30). The topological polar surface area (TPSA) is 72.5 Å². The van der Waals surface area contributed by atoms with E-state index in [0.29, 0.717) is 21.7 Å². The summed E-state index contributed by atoms with van der Waals surface area (Å²) in [5.74, 6) is -1.48. The number of ether oxygens (including phenoxy) is 1. The van der Waals surface area contributed by atoms with Crippen molar-refractivity contribution in [2.24, 2.45) is 0 Å². The van der Waals surface area contributed by atoms with E-state index in [0.717, 1.165) is 11.1 Å². The van der Waals surface area contributed by atoms with Gasteiger partial charge in [0.05, 0.1) is 0 Å². The van der Waals surface area contributed by atoms with Gasteiger partial charge in [0.25, 0.3) is 5.91 Å². The van der Waals surface area contributed by atoms with Gasteiger partial charge in [0.2, 0.25) is 5.78 Å². The second-order valence-electron chi connectivity index (χ2n) is 7.13. The molecule has 0 heterocycles. The molecule has 0 aromatic heterocycles. The van der Waals surface area contributed by atoms with Crippen molar-refractivity contribution in [2.45, 2.75) is 20.0 Å². The molecule has 0 aliphatic heterocycles. The van der Waals surface area contributed by atoms with Gasteiger partial charge < -0.3 is 10.1 Å². The molecule has 0 bridgehead atoms. The molecule has 3 aromatic rings. The Morgan fingerprint density at radius 2 is 1.52 bits per heavy atom. The van der Waals surface area contributed by atoms with E-state index < -0.39 is 18.0 Å². The molecule has 31 heavy (non-hydrogen) atoms. The third-order valence-corrected chi connectivity index (χ3v) is 5.13. The fourth-order valence-corrected chi connectivity index (χ4v) is 3.10. The molecule has 0 aliphatic carbocycles.